The molecule has 3 aliphatic rings. The molecule has 2 aliphatic heterocycles. The molecule has 0 radical (unpaired) electrons. The summed E-state index contributed by atoms with van der Waals surface area (Å²) in [5.41, 5.74) is 1.51. The SMILES string of the molecule is O=C(NCc1cccc(-c2nn[nH]n2)c1)[C@]12COC[C@H]1CN(CC1CC1)C2. The summed E-state index contributed by atoms with van der Waals surface area (Å²) in [6.45, 7) is 4.66. The van der Waals surface area contributed by atoms with Crippen LogP contribution in [0.15, 0.2) is 24.3 Å². The smallest absolute Gasteiger partial charge is 0.230 e. The predicted octanol–water partition coefficient (Wildman–Crippen LogP) is 0.841. The third-order valence-corrected chi connectivity index (χ3v) is 6.09. The Balaban J connectivity index is 1.25. The molecule has 0 bridgehead atoms. The first-order valence-corrected chi connectivity index (χ1v) is 9.64. The molecule has 1 saturated carbocycles. The molecule has 3 fully saturated rings. The van der Waals surface area contributed by atoms with E-state index in [-0.39, 0.29) is 11.3 Å². The molecule has 5 rings (SSSR count). The van der Waals surface area contributed by atoms with Crippen molar-refractivity contribution in [3.63, 3.8) is 0 Å². The average Bonchev–Trinajstić information content (AvgIpc) is 3.08. The second-order valence-corrected chi connectivity index (χ2v) is 8.12. The Morgan fingerprint density at radius 2 is 2.33 bits per heavy atom. The second-order valence-electron chi connectivity index (χ2n) is 8.12. The minimum atomic E-state index is -0.389. The number of fused-ring (bicyclic) bond motifs is 1. The van der Waals surface area contributed by atoms with Gasteiger partial charge in [-0.1, -0.05) is 18.2 Å². The van der Waals surface area contributed by atoms with Crippen LogP contribution in [0.3, 0.4) is 0 Å². The molecule has 2 N–H and O–H groups in total. The van der Waals surface area contributed by atoms with Crippen LogP contribution >= 0.6 is 0 Å². The molecule has 1 aromatic carbocycles. The van der Waals surface area contributed by atoms with Crippen LogP contribution in [-0.4, -0.2) is 64.3 Å². The number of amides is 1. The maximum absolute atomic E-state index is 13.1. The Morgan fingerprint density at radius 1 is 1.41 bits per heavy atom. The van der Waals surface area contributed by atoms with Crippen LogP contribution in [0.4, 0.5) is 0 Å². The Bertz CT molecular complexity index is 821. The van der Waals surface area contributed by atoms with Gasteiger partial charge in [0, 0.05) is 37.7 Å². The van der Waals surface area contributed by atoms with Crippen molar-refractivity contribution < 1.29 is 9.53 Å². The van der Waals surface area contributed by atoms with Crippen molar-refractivity contribution in [3.05, 3.63) is 29.8 Å². The first-order chi connectivity index (χ1) is 13.2. The van der Waals surface area contributed by atoms with Gasteiger partial charge in [-0.15, -0.1) is 10.2 Å². The molecule has 1 aromatic heterocycles. The van der Waals surface area contributed by atoms with E-state index >= 15 is 0 Å². The van der Waals surface area contributed by atoms with Gasteiger partial charge < -0.3 is 15.0 Å². The van der Waals surface area contributed by atoms with Gasteiger partial charge in [0.25, 0.3) is 0 Å². The molecule has 8 nitrogen and oxygen atoms in total. The van der Waals surface area contributed by atoms with E-state index in [1.165, 1.54) is 12.8 Å². The first-order valence-electron chi connectivity index (χ1n) is 9.64. The standard InChI is InChI=1S/C19H24N6O2/c26-18(19-11-25(8-13-4-5-13)9-16(19)10-27-12-19)20-7-14-2-1-3-15(6-14)17-21-23-24-22-17/h1-3,6,13,16H,4-5,7-12H2,(H,20,26)(H,21,22,23,24)/t16-,19-/m1/s1. The summed E-state index contributed by atoms with van der Waals surface area (Å²) < 4.78 is 5.71. The van der Waals surface area contributed by atoms with Crippen LogP contribution in [0.25, 0.3) is 11.4 Å². The van der Waals surface area contributed by atoms with Gasteiger partial charge in [0.1, 0.15) is 0 Å². The molecule has 8 heteroatoms. The third kappa shape index (κ3) is 3.23. The van der Waals surface area contributed by atoms with Gasteiger partial charge in [-0.05, 0) is 35.6 Å². The molecule has 1 amide bonds. The number of rotatable bonds is 6. The molecule has 27 heavy (non-hydrogen) atoms. The van der Waals surface area contributed by atoms with Gasteiger partial charge in [-0.3, -0.25) is 4.79 Å². The van der Waals surface area contributed by atoms with Crippen LogP contribution < -0.4 is 5.32 Å². The van der Waals surface area contributed by atoms with Crippen LogP contribution in [0.2, 0.25) is 0 Å². The number of hydrogen-bond donors (Lipinski definition) is 2. The number of hydrogen-bond acceptors (Lipinski definition) is 6. The van der Waals surface area contributed by atoms with Crippen molar-refractivity contribution in [2.24, 2.45) is 17.3 Å². The first kappa shape index (κ1) is 16.8. The van der Waals surface area contributed by atoms with Gasteiger partial charge in [0.2, 0.25) is 11.7 Å². The highest BCUT2D eigenvalue weighted by molar-refractivity contribution is 5.84. The molecule has 3 heterocycles. The fourth-order valence-corrected chi connectivity index (χ4v) is 4.43. The van der Waals surface area contributed by atoms with Crippen molar-refractivity contribution >= 4 is 5.91 Å². The molecule has 0 spiro atoms. The highest BCUT2D eigenvalue weighted by Crippen LogP contribution is 2.43. The van der Waals surface area contributed by atoms with E-state index in [0.717, 1.165) is 36.7 Å². The van der Waals surface area contributed by atoms with E-state index < -0.39 is 0 Å². The fraction of sp³-hybridized carbons (Fsp3) is 0.579. The quantitative estimate of drug-likeness (QED) is 0.784. The van der Waals surface area contributed by atoms with Gasteiger partial charge in [-0.25, -0.2) is 0 Å². The van der Waals surface area contributed by atoms with Gasteiger partial charge in [0.05, 0.1) is 18.6 Å². The molecular formula is C19H24N6O2. The number of H-pyrrole nitrogens is 1. The monoisotopic (exact) mass is 368 g/mol. The number of tetrazole rings is 1. The Morgan fingerprint density at radius 3 is 3.15 bits per heavy atom. The topological polar surface area (TPSA) is 96.0 Å². The maximum atomic E-state index is 13.1. The largest absolute Gasteiger partial charge is 0.380 e. The minimum absolute atomic E-state index is 0.119. The number of ether oxygens (including phenoxy) is 1. The molecule has 142 valence electrons. The van der Waals surface area contributed by atoms with Crippen molar-refractivity contribution in [1.29, 1.82) is 0 Å². The number of nitrogens with zero attached hydrogens (tertiary/aromatic N) is 4. The summed E-state index contributed by atoms with van der Waals surface area (Å²) in [5.74, 6) is 1.82. The van der Waals surface area contributed by atoms with E-state index in [1.807, 2.05) is 24.3 Å². The Kier molecular flexibility index (Phi) is 4.17. The normalized spacial score (nSPS) is 27.6. The summed E-state index contributed by atoms with van der Waals surface area (Å²) in [7, 11) is 0. The average molecular weight is 368 g/mol. The van der Waals surface area contributed by atoms with E-state index in [2.05, 4.69) is 30.8 Å². The number of nitrogens with one attached hydrogen (secondary N) is 2. The zero-order chi connectivity index (χ0) is 18.3. The highest BCUT2D eigenvalue weighted by Gasteiger charge is 2.55. The van der Waals surface area contributed by atoms with Crippen LogP contribution in [0.1, 0.15) is 18.4 Å². The van der Waals surface area contributed by atoms with Crippen LogP contribution in [0.5, 0.6) is 0 Å². The number of aromatic nitrogens is 4. The second kappa shape index (κ2) is 6.69. The summed E-state index contributed by atoms with van der Waals surface area (Å²) in [6.07, 6.45) is 2.68. The minimum Gasteiger partial charge on any atom is -0.380 e. The van der Waals surface area contributed by atoms with Crippen molar-refractivity contribution in [2.45, 2.75) is 19.4 Å². The lowest BCUT2D eigenvalue weighted by molar-refractivity contribution is -0.131. The van der Waals surface area contributed by atoms with E-state index in [9.17, 15) is 4.79 Å². The van der Waals surface area contributed by atoms with Gasteiger partial charge in [0.15, 0.2) is 0 Å². The number of carbonyl (C=O) groups excluding carboxylic acids is 1. The number of aromatic amines is 1. The number of likely N-dealkylation sites (tertiary alicyclic amines) is 1. The summed E-state index contributed by atoms with van der Waals surface area (Å²) >= 11 is 0. The molecule has 2 atom stereocenters. The number of benzene rings is 1. The molecule has 1 aliphatic carbocycles. The van der Waals surface area contributed by atoms with Crippen molar-refractivity contribution in [2.75, 3.05) is 32.8 Å². The fourth-order valence-electron chi connectivity index (χ4n) is 4.43. The maximum Gasteiger partial charge on any atom is 0.230 e. The van der Waals surface area contributed by atoms with Crippen LogP contribution in [-0.2, 0) is 16.1 Å². The summed E-state index contributed by atoms with van der Waals surface area (Å²) in [6, 6.07) is 7.86. The lowest BCUT2D eigenvalue weighted by atomic mass is 9.80. The third-order valence-electron chi connectivity index (χ3n) is 6.09. The Labute approximate surface area is 157 Å². The lowest BCUT2D eigenvalue weighted by Gasteiger charge is -2.26. The highest BCUT2D eigenvalue weighted by atomic mass is 16.5. The predicted molar refractivity (Wildman–Crippen MR) is 97.4 cm³/mol. The van der Waals surface area contributed by atoms with Crippen LogP contribution in [0, 0.1) is 17.3 Å². The van der Waals surface area contributed by atoms with E-state index in [1.54, 1.807) is 0 Å². The zero-order valence-electron chi connectivity index (χ0n) is 15.2. The van der Waals surface area contributed by atoms with Gasteiger partial charge >= 0.3 is 0 Å². The molecule has 2 saturated heterocycles. The van der Waals surface area contributed by atoms with E-state index in [0.29, 0.717) is 31.5 Å². The summed E-state index contributed by atoms with van der Waals surface area (Å²) in [5, 5.41) is 17.2. The lowest BCUT2D eigenvalue weighted by Crippen LogP contribution is -2.46. The van der Waals surface area contributed by atoms with Crippen molar-refractivity contribution in [1.82, 2.24) is 30.8 Å². The Hall–Kier alpha value is -2.32. The van der Waals surface area contributed by atoms with Crippen molar-refractivity contribution in [3.8, 4) is 11.4 Å². The summed E-state index contributed by atoms with van der Waals surface area (Å²) in [4.78, 5) is 15.6. The molecule has 0 unspecified atom stereocenters. The molecule has 2 aromatic rings. The van der Waals surface area contributed by atoms with Gasteiger partial charge in [-0.2, -0.15) is 5.21 Å². The van der Waals surface area contributed by atoms with E-state index in [4.69, 9.17) is 4.74 Å². The zero-order valence-corrected chi connectivity index (χ0v) is 15.2. The number of carbonyl (C=O) groups is 1. The molecular weight excluding hydrogens is 344 g/mol.